The van der Waals surface area contributed by atoms with Gasteiger partial charge in [0.05, 0.1) is 0 Å². The third-order valence-corrected chi connectivity index (χ3v) is 5.06. The predicted octanol–water partition coefficient (Wildman–Crippen LogP) is -0.0828. The van der Waals surface area contributed by atoms with Gasteiger partial charge in [-0.15, -0.1) is 0 Å². The summed E-state index contributed by atoms with van der Waals surface area (Å²) in [6.07, 6.45) is 0. The van der Waals surface area contributed by atoms with E-state index in [1.807, 2.05) is 27.7 Å². The molecule has 0 radical (unpaired) electrons. The number of nitrogen functional groups attached to an aromatic ring is 2. The van der Waals surface area contributed by atoms with Gasteiger partial charge in [-0.25, -0.2) is 9.97 Å². The zero-order valence-corrected chi connectivity index (χ0v) is 20.8. The van der Waals surface area contributed by atoms with E-state index in [1.165, 1.54) is 0 Å². The van der Waals surface area contributed by atoms with Crippen molar-refractivity contribution in [1.82, 2.24) is 31.2 Å². The van der Waals surface area contributed by atoms with Crippen molar-refractivity contribution >= 4 is 35.3 Å². The molecule has 0 atom stereocenters. The Balaban J connectivity index is 2.62. The maximum Gasteiger partial charge on any atom is 0.273 e. The van der Waals surface area contributed by atoms with Crippen LogP contribution in [0.3, 0.4) is 0 Å². The molecule has 4 amide bonds. The topological polar surface area (TPSA) is 194 Å². The Morgan fingerprint density at radius 3 is 1.35 bits per heavy atom. The van der Waals surface area contributed by atoms with Gasteiger partial charge in [0.2, 0.25) is 11.8 Å². The van der Waals surface area contributed by atoms with E-state index in [1.54, 1.807) is 13.8 Å². The summed E-state index contributed by atoms with van der Waals surface area (Å²) in [6, 6.07) is 0. The molecule has 190 valence electrons. The number of aromatic nitrogens is 2. The fourth-order valence-corrected chi connectivity index (χ4v) is 3.38. The molecule has 1 aromatic rings. The van der Waals surface area contributed by atoms with Crippen LogP contribution in [0.25, 0.3) is 0 Å². The zero-order chi connectivity index (χ0) is 26.0. The van der Waals surface area contributed by atoms with Crippen molar-refractivity contribution in [2.24, 2.45) is 23.7 Å². The van der Waals surface area contributed by atoms with E-state index < -0.39 is 11.8 Å². The summed E-state index contributed by atoms with van der Waals surface area (Å²) in [4.78, 5) is 56.4. The smallest absolute Gasteiger partial charge is 0.273 e. The molecule has 34 heavy (non-hydrogen) atoms. The monoisotopic (exact) mass is 478 g/mol. The molecule has 0 unspecified atom stereocenters. The fourth-order valence-electron chi connectivity index (χ4n) is 3.38. The van der Waals surface area contributed by atoms with Crippen molar-refractivity contribution in [2.75, 3.05) is 37.6 Å². The lowest BCUT2D eigenvalue weighted by Crippen LogP contribution is -2.41. The molecule has 8 N–H and O–H groups in total. The van der Waals surface area contributed by atoms with Crippen LogP contribution >= 0.6 is 0 Å². The minimum absolute atomic E-state index is 0.0677. The normalized spacial score (nSPS) is 11.1. The molecule has 12 heteroatoms. The lowest BCUT2D eigenvalue weighted by Gasteiger charge is -2.23. The van der Waals surface area contributed by atoms with Crippen LogP contribution in [0.1, 0.15) is 62.5 Å². The molecule has 1 heterocycles. The number of nitrogens with zero attached hydrogens (tertiary/aromatic N) is 2. The summed E-state index contributed by atoms with van der Waals surface area (Å²) in [7, 11) is 0. The second-order valence-corrected chi connectivity index (χ2v) is 8.95. The number of anilines is 2. The van der Waals surface area contributed by atoms with Gasteiger partial charge in [-0.2, -0.15) is 0 Å². The molecule has 1 aromatic heterocycles. The third kappa shape index (κ3) is 8.49. The molecule has 0 aliphatic heterocycles. The number of hydrogen-bond acceptors (Lipinski definition) is 8. The number of carbonyl (C=O) groups excluding carboxylic acids is 4. The first-order chi connectivity index (χ1) is 15.9. The first-order valence-corrected chi connectivity index (χ1v) is 11.4. The zero-order valence-electron chi connectivity index (χ0n) is 20.8. The van der Waals surface area contributed by atoms with Gasteiger partial charge in [0.15, 0.2) is 23.0 Å². The minimum atomic E-state index is -0.630. The summed E-state index contributed by atoms with van der Waals surface area (Å²) in [5.41, 5.74) is 11.2. The van der Waals surface area contributed by atoms with E-state index in [0.29, 0.717) is 0 Å². The van der Waals surface area contributed by atoms with Crippen LogP contribution in [-0.4, -0.2) is 59.8 Å². The Kier molecular flexibility index (Phi) is 11.2. The number of hydrogen-bond donors (Lipinski definition) is 6. The highest BCUT2D eigenvalue weighted by Gasteiger charge is 2.25. The molecular formula is C22H38N8O4. The molecule has 0 saturated carbocycles. The van der Waals surface area contributed by atoms with Crippen molar-refractivity contribution in [3.05, 3.63) is 11.4 Å². The Labute approximate surface area is 200 Å². The summed E-state index contributed by atoms with van der Waals surface area (Å²) >= 11 is 0. The summed E-state index contributed by atoms with van der Waals surface area (Å²) in [5.74, 6) is -1.86. The Morgan fingerprint density at radius 1 is 0.647 bits per heavy atom. The first-order valence-electron chi connectivity index (χ1n) is 11.4. The molecule has 0 aliphatic rings. The second kappa shape index (κ2) is 13.3. The van der Waals surface area contributed by atoms with Gasteiger partial charge >= 0.3 is 0 Å². The fraction of sp³-hybridized carbons (Fsp3) is 0.636. The van der Waals surface area contributed by atoms with Gasteiger partial charge in [0.1, 0.15) is 0 Å². The maximum atomic E-state index is 12.4. The molecule has 1 rings (SSSR count). The highest BCUT2D eigenvalue weighted by atomic mass is 16.2. The van der Waals surface area contributed by atoms with Crippen LogP contribution in [0, 0.1) is 23.7 Å². The molecule has 0 bridgehead atoms. The Bertz CT molecular complexity index is 878. The van der Waals surface area contributed by atoms with Crippen molar-refractivity contribution in [1.29, 1.82) is 0 Å². The van der Waals surface area contributed by atoms with Crippen LogP contribution in [0.2, 0.25) is 0 Å². The van der Waals surface area contributed by atoms with E-state index in [9.17, 15) is 19.2 Å². The number of rotatable bonds is 12. The molecule has 12 nitrogen and oxygen atoms in total. The summed E-state index contributed by atoms with van der Waals surface area (Å²) in [5, 5.41) is 10.6. The summed E-state index contributed by atoms with van der Waals surface area (Å²) in [6.45, 7) is 12.3. The van der Waals surface area contributed by atoms with Gasteiger partial charge < -0.3 is 32.7 Å². The van der Waals surface area contributed by atoms with Crippen LogP contribution in [0.15, 0.2) is 0 Å². The van der Waals surface area contributed by atoms with Gasteiger partial charge in [-0.3, -0.25) is 19.2 Å². The van der Waals surface area contributed by atoms with Crippen molar-refractivity contribution < 1.29 is 19.2 Å². The molecule has 0 fully saturated rings. The van der Waals surface area contributed by atoms with Crippen molar-refractivity contribution in [3.8, 4) is 0 Å². The minimum Gasteiger partial charge on any atom is -0.382 e. The lowest BCUT2D eigenvalue weighted by molar-refractivity contribution is -0.127. The highest BCUT2D eigenvalue weighted by Crippen LogP contribution is 2.20. The number of carbonyl (C=O) groups is 4. The van der Waals surface area contributed by atoms with Gasteiger partial charge in [0.25, 0.3) is 11.8 Å². The first kappa shape index (κ1) is 28.6. The number of amides is 4. The molecule has 0 aliphatic carbocycles. The van der Waals surface area contributed by atoms with E-state index in [0.717, 1.165) is 0 Å². The highest BCUT2D eigenvalue weighted by molar-refractivity contribution is 6.00. The maximum absolute atomic E-state index is 12.4. The predicted molar refractivity (Wildman–Crippen MR) is 130 cm³/mol. The average molecular weight is 479 g/mol. The van der Waals surface area contributed by atoms with Crippen LogP contribution in [0.4, 0.5) is 11.6 Å². The Morgan fingerprint density at radius 2 is 1.00 bits per heavy atom. The van der Waals surface area contributed by atoms with E-state index >= 15 is 0 Å². The lowest BCUT2D eigenvalue weighted by atomic mass is 9.85. The van der Waals surface area contributed by atoms with Crippen LogP contribution in [-0.2, 0) is 9.59 Å². The summed E-state index contributed by atoms with van der Waals surface area (Å²) < 4.78 is 0. The molecule has 0 saturated heterocycles. The molecule has 0 aromatic carbocycles. The van der Waals surface area contributed by atoms with E-state index in [-0.39, 0.29) is 84.7 Å². The average Bonchev–Trinajstić information content (AvgIpc) is 2.74. The van der Waals surface area contributed by atoms with Gasteiger partial charge in [-0.1, -0.05) is 41.5 Å². The molecular weight excluding hydrogens is 440 g/mol. The SMILES string of the molecule is CC(C)C(=O)NCCNC(=O)c1nc(N)c(C(=O)NCCNC(=O)C(C(C)C)C(C)C)nc1N. The second-order valence-electron chi connectivity index (χ2n) is 8.95. The molecule has 0 spiro atoms. The van der Waals surface area contributed by atoms with Crippen LogP contribution < -0.4 is 32.7 Å². The largest absolute Gasteiger partial charge is 0.382 e. The van der Waals surface area contributed by atoms with Gasteiger partial charge in [0, 0.05) is 38.0 Å². The number of nitrogens with two attached hydrogens (primary N) is 2. The van der Waals surface area contributed by atoms with Gasteiger partial charge in [-0.05, 0) is 11.8 Å². The number of nitrogens with one attached hydrogen (secondary N) is 4. The quantitative estimate of drug-likeness (QED) is 0.224. The van der Waals surface area contributed by atoms with E-state index in [4.69, 9.17) is 11.5 Å². The third-order valence-electron chi connectivity index (χ3n) is 5.06. The standard InChI is InChI=1S/C22H38N8O4/c1-11(2)14(12(3)4)20(32)26-8-10-28-22(34)16-18(24)29-15(17(23)30-16)21(33)27-9-7-25-19(31)13(5)6/h11-14H,7-10H2,1-6H3,(H2,23,30)(H2,24,29)(H,25,31)(H,26,32)(H,27,33)(H,28,34). The Hall–Kier alpha value is -3.44. The van der Waals surface area contributed by atoms with Crippen LogP contribution in [0.5, 0.6) is 0 Å². The van der Waals surface area contributed by atoms with Crippen molar-refractivity contribution in [2.45, 2.75) is 41.5 Å². The van der Waals surface area contributed by atoms with Crippen molar-refractivity contribution in [3.63, 3.8) is 0 Å². The van der Waals surface area contributed by atoms with E-state index in [2.05, 4.69) is 31.2 Å².